The minimum Gasteiger partial charge on any atom is -0.396 e. The fourth-order valence-electron chi connectivity index (χ4n) is 2.39. The zero-order valence-electron chi connectivity index (χ0n) is 10.9. The van der Waals surface area contributed by atoms with Crippen molar-refractivity contribution in [1.82, 2.24) is 4.90 Å². The number of amides is 1. The molecule has 104 valence electrons. The highest BCUT2D eigenvalue weighted by molar-refractivity contribution is 5.79. The van der Waals surface area contributed by atoms with E-state index in [1.165, 1.54) is 0 Å². The summed E-state index contributed by atoms with van der Waals surface area (Å²) in [6.45, 7) is 4.33. The van der Waals surface area contributed by atoms with Gasteiger partial charge in [0.05, 0.1) is 19.8 Å². The number of aliphatic hydroxyl groups excluding tert-OH is 2. The van der Waals surface area contributed by atoms with E-state index in [-0.39, 0.29) is 38.3 Å². The fraction of sp³-hybridized carbons (Fsp3) is 0.917. The molecule has 0 aromatic carbocycles. The Morgan fingerprint density at radius 2 is 1.94 bits per heavy atom. The van der Waals surface area contributed by atoms with E-state index in [1.54, 1.807) is 18.7 Å². The second kappa shape index (κ2) is 4.77. The first-order chi connectivity index (χ1) is 8.42. The Labute approximate surface area is 106 Å². The van der Waals surface area contributed by atoms with Gasteiger partial charge < -0.3 is 24.6 Å². The molecular weight excluding hydrogens is 238 g/mol. The van der Waals surface area contributed by atoms with Gasteiger partial charge >= 0.3 is 0 Å². The highest BCUT2D eigenvalue weighted by atomic mass is 16.7. The van der Waals surface area contributed by atoms with Crippen LogP contribution in [0.4, 0.5) is 0 Å². The number of ether oxygens (including phenoxy) is 2. The lowest BCUT2D eigenvalue weighted by molar-refractivity contribution is -0.289. The summed E-state index contributed by atoms with van der Waals surface area (Å²) in [5, 5.41) is 18.8. The summed E-state index contributed by atoms with van der Waals surface area (Å²) in [7, 11) is 0. The molecule has 2 aliphatic rings. The van der Waals surface area contributed by atoms with Gasteiger partial charge in [0.15, 0.2) is 5.79 Å². The van der Waals surface area contributed by atoms with Crippen LogP contribution in [0.1, 0.15) is 20.3 Å². The fourth-order valence-corrected chi connectivity index (χ4v) is 2.39. The predicted octanol–water partition coefficient (Wildman–Crippen LogP) is -0.659. The van der Waals surface area contributed by atoms with E-state index < -0.39 is 11.3 Å². The molecule has 2 fully saturated rings. The van der Waals surface area contributed by atoms with Crippen LogP contribution in [0.25, 0.3) is 0 Å². The molecule has 6 heteroatoms. The van der Waals surface area contributed by atoms with Crippen LogP contribution < -0.4 is 0 Å². The first-order valence-corrected chi connectivity index (χ1v) is 6.22. The van der Waals surface area contributed by atoms with Crippen molar-refractivity contribution in [3.05, 3.63) is 0 Å². The van der Waals surface area contributed by atoms with Gasteiger partial charge in [0.25, 0.3) is 0 Å². The lowest BCUT2D eigenvalue weighted by atomic mass is 9.99. The monoisotopic (exact) mass is 259 g/mol. The Kier molecular flexibility index (Phi) is 3.64. The number of carbonyl (C=O) groups excluding carboxylic acids is 1. The number of hydrogen-bond acceptors (Lipinski definition) is 5. The molecule has 0 aromatic rings. The minimum absolute atomic E-state index is 0.0169. The number of likely N-dealkylation sites (tertiary alicyclic amines) is 1. The van der Waals surface area contributed by atoms with Gasteiger partial charge in [-0.05, 0) is 13.8 Å². The van der Waals surface area contributed by atoms with Crippen LogP contribution in [-0.4, -0.2) is 65.3 Å². The molecule has 0 aromatic heterocycles. The van der Waals surface area contributed by atoms with Crippen molar-refractivity contribution < 1.29 is 24.5 Å². The molecule has 2 rings (SSSR count). The molecule has 2 heterocycles. The molecule has 1 unspecified atom stereocenters. The summed E-state index contributed by atoms with van der Waals surface area (Å²) in [4.78, 5) is 13.6. The molecule has 2 aliphatic heterocycles. The first-order valence-electron chi connectivity index (χ1n) is 6.22. The van der Waals surface area contributed by atoms with Crippen LogP contribution in [0.2, 0.25) is 0 Å². The Balaban J connectivity index is 2.12. The Bertz CT molecular complexity index is 320. The summed E-state index contributed by atoms with van der Waals surface area (Å²) in [5.74, 6) is -0.802. The highest BCUT2D eigenvalue weighted by Crippen LogP contribution is 2.32. The highest BCUT2D eigenvalue weighted by Gasteiger charge is 2.49. The van der Waals surface area contributed by atoms with Gasteiger partial charge in [-0.15, -0.1) is 0 Å². The topological polar surface area (TPSA) is 79.2 Å². The molecule has 2 N–H and O–H groups in total. The molecule has 6 nitrogen and oxygen atoms in total. The number of hydrogen-bond donors (Lipinski definition) is 2. The average molecular weight is 259 g/mol. The maximum absolute atomic E-state index is 12.0. The normalized spacial score (nSPS) is 30.8. The van der Waals surface area contributed by atoms with Gasteiger partial charge in [-0.1, -0.05) is 0 Å². The summed E-state index contributed by atoms with van der Waals surface area (Å²) in [6, 6.07) is 0. The molecule has 0 spiro atoms. The third-order valence-corrected chi connectivity index (χ3v) is 3.71. The van der Waals surface area contributed by atoms with Crippen molar-refractivity contribution in [1.29, 1.82) is 0 Å². The van der Waals surface area contributed by atoms with Crippen LogP contribution in [0.3, 0.4) is 0 Å². The minimum atomic E-state index is -0.809. The molecule has 18 heavy (non-hydrogen) atoms. The summed E-state index contributed by atoms with van der Waals surface area (Å²) in [6.07, 6.45) is 0.321. The molecule has 0 bridgehead atoms. The largest absolute Gasteiger partial charge is 0.396 e. The van der Waals surface area contributed by atoms with Gasteiger partial charge in [0.2, 0.25) is 5.91 Å². The lowest BCUT2D eigenvalue weighted by Crippen LogP contribution is -2.63. The summed E-state index contributed by atoms with van der Waals surface area (Å²) in [5.41, 5.74) is -0.809. The van der Waals surface area contributed by atoms with Crippen LogP contribution in [0, 0.1) is 5.92 Å². The van der Waals surface area contributed by atoms with Crippen LogP contribution in [-0.2, 0) is 14.3 Å². The van der Waals surface area contributed by atoms with Crippen molar-refractivity contribution in [2.24, 2.45) is 5.92 Å². The molecule has 2 saturated heterocycles. The maximum atomic E-state index is 12.0. The zero-order valence-corrected chi connectivity index (χ0v) is 10.9. The van der Waals surface area contributed by atoms with Crippen molar-refractivity contribution in [3.63, 3.8) is 0 Å². The quantitative estimate of drug-likeness (QED) is 0.703. The third-order valence-electron chi connectivity index (χ3n) is 3.71. The first kappa shape index (κ1) is 13.7. The van der Waals surface area contributed by atoms with E-state index in [1.807, 2.05) is 0 Å². The van der Waals surface area contributed by atoms with E-state index in [0.717, 1.165) is 0 Å². The van der Waals surface area contributed by atoms with Gasteiger partial charge in [-0.3, -0.25) is 4.79 Å². The number of rotatable bonds is 3. The smallest absolute Gasteiger partial charge is 0.223 e. The second-order valence-electron chi connectivity index (χ2n) is 5.62. The predicted molar refractivity (Wildman–Crippen MR) is 62.7 cm³/mol. The Morgan fingerprint density at radius 3 is 2.39 bits per heavy atom. The van der Waals surface area contributed by atoms with Crippen molar-refractivity contribution in [2.75, 3.05) is 33.0 Å². The Hall–Kier alpha value is -0.690. The zero-order chi connectivity index (χ0) is 13.4. The standard InChI is InChI=1S/C12H21NO5/c1-11(2)17-7-12(6-15,8-18-11)13-4-9(5-14)3-10(13)16/h9,14-15H,3-8H2,1-2H3. The summed E-state index contributed by atoms with van der Waals surface area (Å²) >= 11 is 0. The van der Waals surface area contributed by atoms with Crippen LogP contribution in [0.5, 0.6) is 0 Å². The molecule has 0 aliphatic carbocycles. The van der Waals surface area contributed by atoms with Crippen molar-refractivity contribution in [2.45, 2.75) is 31.6 Å². The number of carbonyl (C=O) groups is 1. The van der Waals surface area contributed by atoms with E-state index in [0.29, 0.717) is 13.0 Å². The van der Waals surface area contributed by atoms with Gasteiger partial charge in [0.1, 0.15) is 5.54 Å². The number of nitrogens with zero attached hydrogens (tertiary/aromatic N) is 1. The number of aliphatic hydroxyl groups is 2. The third kappa shape index (κ3) is 2.38. The molecule has 0 radical (unpaired) electrons. The van der Waals surface area contributed by atoms with E-state index in [2.05, 4.69) is 0 Å². The van der Waals surface area contributed by atoms with E-state index >= 15 is 0 Å². The lowest BCUT2D eigenvalue weighted by Gasteiger charge is -2.47. The SMILES string of the molecule is CC1(C)OCC(CO)(N2CC(CO)CC2=O)CO1. The molecule has 0 saturated carbocycles. The molecule has 1 amide bonds. The second-order valence-corrected chi connectivity index (χ2v) is 5.62. The van der Waals surface area contributed by atoms with Gasteiger partial charge in [-0.2, -0.15) is 0 Å². The van der Waals surface area contributed by atoms with Crippen LogP contribution in [0.15, 0.2) is 0 Å². The summed E-state index contributed by atoms with van der Waals surface area (Å²) < 4.78 is 11.1. The van der Waals surface area contributed by atoms with E-state index in [4.69, 9.17) is 14.6 Å². The Morgan fingerprint density at radius 1 is 1.33 bits per heavy atom. The molecular formula is C12H21NO5. The van der Waals surface area contributed by atoms with Crippen molar-refractivity contribution >= 4 is 5.91 Å². The van der Waals surface area contributed by atoms with E-state index in [9.17, 15) is 9.90 Å². The average Bonchev–Trinajstić information content (AvgIpc) is 2.72. The molecule has 1 atom stereocenters. The maximum Gasteiger partial charge on any atom is 0.223 e. The van der Waals surface area contributed by atoms with Gasteiger partial charge in [0, 0.05) is 25.5 Å². The van der Waals surface area contributed by atoms with Crippen LogP contribution >= 0.6 is 0 Å². The van der Waals surface area contributed by atoms with Crippen molar-refractivity contribution in [3.8, 4) is 0 Å². The van der Waals surface area contributed by atoms with Gasteiger partial charge in [-0.25, -0.2) is 0 Å².